The topological polar surface area (TPSA) is 15.3 Å². The van der Waals surface area contributed by atoms with Crippen molar-refractivity contribution in [3.8, 4) is 0 Å². The van der Waals surface area contributed by atoms with Crippen LogP contribution in [0.15, 0.2) is 54.6 Å². The van der Waals surface area contributed by atoms with Gasteiger partial charge < -0.3 is 5.32 Å². The SMILES string of the molecule is CCNCC(c1ccccc1)N(C)Cc1ccccc1F. The van der Waals surface area contributed by atoms with Crippen LogP contribution in [0, 0.1) is 5.82 Å². The molecule has 0 amide bonds. The first kappa shape index (κ1) is 15.7. The molecule has 2 aromatic carbocycles. The molecular formula is C18H23FN2. The van der Waals surface area contributed by atoms with Crippen LogP contribution >= 0.6 is 0 Å². The molecule has 0 aliphatic carbocycles. The third-order valence-corrected chi connectivity index (χ3v) is 3.68. The number of hydrogen-bond acceptors (Lipinski definition) is 2. The van der Waals surface area contributed by atoms with Gasteiger partial charge in [-0.3, -0.25) is 4.90 Å². The first-order valence-corrected chi connectivity index (χ1v) is 7.41. The summed E-state index contributed by atoms with van der Waals surface area (Å²) in [6.07, 6.45) is 0. The molecule has 0 bridgehead atoms. The van der Waals surface area contributed by atoms with Gasteiger partial charge in [0.2, 0.25) is 0 Å². The van der Waals surface area contributed by atoms with Crippen molar-refractivity contribution in [3.05, 3.63) is 71.5 Å². The first-order valence-electron chi connectivity index (χ1n) is 7.41. The minimum Gasteiger partial charge on any atom is -0.315 e. The molecule has 2 nitrogen and oxygen atoms in total. The van der Waals surface area contributed by atoms with Gasteiger partial charge in [-0.2, -0.15) is 0 Å². The van der Waals surface area contributed by atoms with Gasteiger partial charge in [0.1, 0.15) is 5.82 Å². The summed E-state index contributed by atoms with van der Waals surface area (Å²) in [6.45, 7) is 4.47. The molecule has 1 atom stereocenters. The zero-order valence-corrected chi connectivity index (χ0v) is 12.7. The van der Waals surface area contributed by atoms with Gasteiger partial charge in [0, 0.05) is 24.7 Å². The predicted molar refractivity (Wildman–Crippen MR) is 85.6 cm³/mol. The van der Waals surface area contributed by atoms with Crippen LogP contribution in [0.5, 0.6) is 0 Å². The average molecular weight is 286 g/mol. The predicted octanol–water partition coefficient (Wildman–Crippen LogP) is 3.61. The Bertz CT molecular complexity index is 542. The summed E-state index contributed by atoms with van der Waals surface area (Å²) in [5.74, 6) is -0.139. The summed E-state index contributed by atoms with van der Waals surface area (Å²) in [7, 11) is 2.04. The quantitative estimate of drug-likeness (QED) is 0.836. The van der Waals surface area contributed by atoms with Crippen LogP contribution < -0.4 is 5.32 Å². The molecule has 1 N–H and O–H groups in total. The molecule has 0 aromatic heterocycles. The number of benzene rings is 2. The lowest BCUT2D eigenvalue weighted by molar-refractivity contribution is 0.228. The number of nitrogens with zero attached hydrogens (tertiary/aromatic N) is 1. The monoisotopic (exact) mass is 286 g/mol. The van der Waals surface area contributed by atoms with Gasteiger partial charge in [0.15, 0.2) is 0 Å². The summed E-state index contributed by atoms with van der Waals surface area (Å²) < 4.78 is 13.8. The zero-order chi connectivity index (χ0) is 15.1. The normalized spacial score (nSPS) is 12.6. The van der Waals surface area contributed by atoms with E-state index in [4.69, 9.17) is 0 Å². The molecular weight excluding hydrogens is 263 g/mol. The molecule has 0 fully saturated rings. The molecule has 1 unspecified atom stereocenters. The third-order valence-electron chi connectivity index (χ3n) is 3.68. The smallest absolute Gasteiger partial charge is 0.127 e. The maximum atomic E-state index is 13.8. The van der Waals surface area contributed by atoms with E-state index in [-0.39, 0.29) is 11.9 Å². The van der Waals surface area contributed by atoms with Gasteiger partial charge in [-0.1, -0.05) is 55.5 Å². The minimum atomic E-state index is -0.139. The van der Waals surface area contributed by atoms with E-state index in [1.165, 1.54) is 11.6 Å². The molecule has 0 aliphatic rings. The van der Waals surface area contributed by atoms with E-state index in [1.54, 1.807) is 6.07 Å². The minimum absolute atomic E-state index is 0.139. The summed E-state index contributed by atoms with van der Waals surface area (Å²) in [4.78, 5) is 2.19. The van der Waals surface area contributed by atoms with Crippen LogP contribution in [0.3, 0.4) is 0 Å². The Hall–Kier alpha value is -1.71. The molecule has 0 aliphatic heterocycles. The Balaban J connectivity index is 2.14. The highest BCUT2D eigenvalue weighted by Crippen LogP contribution is 2.21. The summed E-state index contributed by atoms with van der Waals surface area (Å²) in [6, 6.07) is 17.6. The van der Waals surface area contributed by atoms with E-state index in [9.17, 15) is 4.39 Å². The highest BCUT2D eigenvalue weighted by atomic mass is 19.1. The van der Waals surface area contributed by atoms with E-state index in [0.717, 1.165) is 18.7 Å². The van der Waals surface area contributed by atoms with Crippen LogP contribution in [0.2, 0.25) is 0 Å². The third kappa shape index (κ3) is 4.38. The van der Waals surface area contributed by atoms with E-state index in [2.05, 4.69) is 29.3 Å². The largest absolute Gasteiger partial charge is 0.315 e. The van der Waals surface area contributed by atoms with Crippen LogP contribution in [-0.2, 0) is 6.54 Å². The van der Waals surface area contributed by atoms with Gasteiger partial charge in [0.25, 0.3) is 0 Å². The van der Waals surface area contributed by atoms with E-state index in [0.29, 0.717) is 6.54 Å². The van der Waals surface area contributed by atoms with Crippen molar-refractivity contribution in [1.29, 1.82) is 0 Å². The van der Waals surface area contributed by atoms with Gasteiger partial charge in [0.05, 0.1) is 0 Å². The summed E-state index contributed by atoms with van der Waals surface area (Å²) >= 11 is 0. The molecule has 2 rings (SSSR count). The number of rotatable bonds is 7. The zero-order valence-electron chi connectivity index (χ0n) is 12.7. The number of nitrogens with one attached hydrogen (secondary N) is 1. The number of hydrogen-bond donors (Lipinski definition) is 1. The molecule has 112 valence electrons. The molecule has 0 radical (unpaired) electrons. The van der Waals surface area contributed by atoms with Crippen LogP contribution in [-0.4, -0.2) is 25.0 Å². The van der Waals surface area contributed by atoms with Crippen LogP contribution in [0.4, 0.5) is 4.39 Å². The molecule has 2 aromatic rings. The standard InChI is InChI=1S/C18H23FN2/c1-3-20-13-18(15-9-5-4-6-10-15)21(2)14-16-11-7-8-12-17(16)19/h4-12,18,20H,3,13-14H2,1-2H3. The molecule has 21 heavy (non-hydrogen) atoms. The summed E-state index contributed by atoms with van der Waals surface area (Å²) in [5.41, 5.74) is 1.98. The fourth-order valence-electron chi connectivity index (χ4n) is 2.49. The van der Waals surface area contributed by atoms with Crippen molar-refractivity contribution in [1.82, 2.24) is 10.2 Å². The van der Waals surface area contributed by atoms with Crippen molar-refractivity contribution in [2.24, 2.45) is 0 Å². The highest BCUT2D eigenvalue weighted by molar-refractivity contribution is 5.21. The number of likely N-dealkylation sites (N-methyl/N-ethyl adjacent to an activating group) is 2. The second-order valence-corrected chi connectivity index (χ2v) is 5.24. The van der Waals surface area contributed by atoms with Crippen LogP contribution in [0.25, 0.3) is 0 Å². The fourth-order valence-corrected chi connectivity index (χ4v) is 2.49. The fraction of sp³-hybridized carbons (Fsp3) is 0.333. The van der Waals surface area contributed by atoms with Crippen molar-refractivity contribution in [2.45, 2.75) is 19.5 Å². The van der Waals surface area contributed by atoms with E-state index in [1.807, 2.05) is 37.4 Å². The van der Waals surface area contributed by atoms with Crippen molar-refractivity contribution < 1.29 is 4.39 Å². The van der Waals surface area contributed by atoms with Crippen molar-refractivity contribution in [2.75, 3.05) is 20.1 Å². The van der Waals surface area contributed by atoms with Gasteiger partial charge in [-0.15, -0.1) is 0 Å². The average Bonchev–Trinajstić information content (AvgIpc) is 2.51. The Morgan fingerprint density at radius 2 is 1.71 bits per heavy atom. The lowest BCUT2D eigenvalue weighted by atomic mass is 10.0. The van der Waals surface area contributed by atoms with Crippen molar-refractivity contribution in [3.63, 3.8) is 0 Å². The van der Waals surface area contributed by atoms with Crippen LogP contribution in [0.1, 0.15) is 24.1 Å². The van der Waals surface area contributed by atoms with Gasteiger partial charge >= 0.3 is 0 Å². The second kappa shape index (κ2) is 7.91. The lowest BCUT2D eigenvalue weighted by Crippen LogP contribution is -2.33. The Morgan fingerprint density at radius 1 is 1.05 bits per heavy atom. The van der Waals surface area contributed by atoms with Crippen molar-refractivity contribution >= 4 is 0 Å². The van der Waals surface area contributed by atoms with Gasteiger partial charge in [-0.05, 0) is 25.2 Å². The first-order chi connectivity index (χ1) is 10.2. The molecule has 3 heteroatoms. The summed E-state index contributed by atoms with van der Waals surface area (Å²) in [5, 5.41) is 3.39. The molecule has 0 saturated heterocycles. The molecule has 0 heterocycles. The Labute approximate surface area is 126 Å². The Kier molecular flexibility index (Phi) is 5.90. The van der Waals surface area contributed by atoms with E-state index >= 15 is 0 Å². The van der Waals surface area contributed by atoms with E-state index < -0.39 is 0 Å². The maximum Gasteiger partial charge on any atom is 0.127 e. The second-order valence-electron chi connectivity index (χ2n) is 5.24. The Morgan fingerprint density at radius 3 is 2.38 bits per heavy atom. The molecule has 0 spiro atoms. The maximum absolute atomic E-state index is 13.8. The number of halogens is 1. The highest BCUT2D eigenvalue weighted by Gasteiger charge is 2.17. The lowest BCUT2D eigenvalue weighted by Gasteiger charge is -2.29. The van der Waals surface area contributed by atoms with Gasteiger partial charge in [-0.25, -0.2) is 4.39 Å². The molecule has 0 saturated carbocycles.